The Balaban J connectivity index is 0.00000280. The summed E-state index contributed by atoms with van der Waals surface area (Å²) in [7, 11) is 1.86. The molecule has 1 N–H and O–H groups in total. The molecule has 154 valence electrons. The van der Waals surface area contributed by atoms with Gasteiger partial charge in [0.1, 0.15) is 6.26 Å². The van der Waals surface area contributed by atoms with Gasteiger partial charge in [-0.2, -0.15) is 0 Å². The van der Waals surface area contributed by atoms with E-state index < -0.39 is 0 Å². The van der Waals surface area contributed by atoms with Crippen LogP contribution < -0.4 is 5.32 Å². The SMILES string of the molecule is CN=C(NCC(c1cccnc1)C(C)C)N1CCN(Cc2ccon2)CC1.I. The Kier molecular flexibility index (Phi) is 9.17. The average molecular weight is 498 g/mol. The van der Waals surface area contributed by atoms with Gasteiger partial charge in [-0.15, -0.1) is 24.0 Å². The summed E-state index contributed by atoms with van der Waals surface area (Å²) in [5.74, 6) is 1.91. The molecule has 1 unspecified atom stereocenters. The number of aromatic nitrogens is 2. The average Bonchev–Trinajstić information content (AvgIpc) is 3.20. The molecule has 0 radical (unpaired) electrons. The fourth-order valence-electron chi connectivity index (χ4n) is 3.53. The molecule has 3 heterocycles. The molecule has 2 aromatic heterocycles. The van der Waals surface area contributed by atoms with Crippen molar-refractivity contribution in [2.24, 2.45) is 10.9 Å². The molecule has 1 aliphatic rings. The molecule has 1 atom stereocenters. The van der Waals surface area contributed by atoms with E-state index in [0.29, 0.717) is 11.8 Å². The van der Waals surface area contributed by atoms with Crippen LogP contribution in [0.3, 0.4) is 0 Å². The molecule has 0 amide bonds. The van der Waals surface area contributed by atoms with Gasteiger partial charge >= 0.3 is 0 Å². The van der Waals surface area contributed by atoms with Gasteiger partial charge in [0.25, 0.3) is 0 Å². The quantitative estimate of drug-likeness (QED) is 0.376. The molecule has 28 heavy (non-hydrogen) atoms. The summed E-state index contributed by atoms with van der Waals surface area (Å²) in [6, 6.07) is 6.09. The van der Waals surface area contributed by atoms with Crippen LogP contribution in [-0.2, 0) is 6.54 Å². The van der Waals surface area contributed by atoms with Crippen LogP contribution >= 0.6 is 24.0 Å². The summed E-state index contributed by atoms with van der Waals surface area (Å²) in [5.41, 5.74) is 2.26. The van der Waals surface area contributed by atoms with Crippen LogP contribution in [0.1, 0.15) is 31.0 Å². The predicted molar refractivity (Wildman–Crippen MR) is 122 cm³/mol. The van der Waals surface area contributed by atoms with Gasteiger partial charge in [-0.05, 0) is 17.5 Å². The van der Waals surface area contributed by atoms with Crippen LogP contribution in [0.4, 0.5) is 0 Å². The minimum Gasteiger partial charge on any atom is -0.364 e. The van der Waals surface area contributed by atoms with Gasteiger partial charge in [0.05, 0.1) is 5.69 Å². The monoisotopic (exact) mass is 498 g/mol. The standard InChI is InChI=1S/C20H30N6O.HI/c1-16(2)19(17-5-4-7-22-13-17)14-23-20(21-3)26-10-8-25(9-11-26)15-18-6-12-27-24-18;/h4-7,12-13,16,19H,8-11,14-15H2,1-3H3,(H,21,23);1H. The minimum absolute atomic E-state index is 0. The zero-order valence-corrected chi connectivity index (χ0v) is 19.2. The normalized spacial score (nSPS) is 16.7. The van der Waals surface area contributed by atoms with E-state index in [2.05, 4.69) is 50.2 Å². The third kappa shape index (κ3) is 6.16. The second-order valence-electron chi connectivity index (χ2n) is 7.32. The van der Waals surface area contributed by atoms with Gasteiger partial charge in [-0.25, -0.2) is 0 Å². The molecule has 0 aliphatic carbocycles. The number of pyridine rings is 1. The van der Waals surface area contributed by atoms with Crippen LogP contribution in [0.15, 0.2) is 46.4 Å². The van der Waals surface area contributed by atoms with Gasteiger partial charge in [0, 0.05) is 70.7 Å². The van der Waals surface area contributed by atoms with Gasteiger partial charge in [0.2, 0.25) is 0 Å². The molecule has 3 rings (SSSR count). The van der Waals surface area contributed by atoms with E-state index in [1.807, 2.05) is 31.6 Å². The zero-order chi connectivity index (χ0) is 19.1. The molecule has 1 fully saturated rings. The van der Waals surface area contributed by atoms with Gasteiger partial charge < -0.3 is 14.7 Å². The Bertz CT molecular complexity index is 699. The molecule has 8 heteroatoms. The van der Waals surface area contributed by atoms with Crippen LogP contribution in [0, 0.1) is 5.92 Å². The van der Waals surface area contributed by atoms with E-state index in [-0.39, 0.29) is 24.0 Å². The van der Waals surface area contributed by atoms with Gasteiger partial charge in [0.15, 0.2) is 5.96 Å². The maximum Gasteiger partial charge on any atom is 0.193 e. The first-order chi connectivity index (χ1) is 13.2. The molecule has 0 saturated carbocycles. The molecule has 1 aliphatic heterocycles. The lowest BCUT2D eigenvalue weighted by atomic mass is 9.89. The lowest BCUT2D eigenvalue weighted by Gasteiger charge is -2.36. The Hall–Kier alpha value is -1.68. The number of nitrogens with zero attached hydrogens (tertiary/aromatic N) is 5. The highest BCUT2D eigenvalue weighted by molar-refractivity contribution is 14.0. The number of aliphatic imine (C=N–C) groups is 1. The van der Waals surface area contributed by atoms with Gasteiger partial charge in [-0.1, -0.05) is 25.1 Å². The third-order valence-corrected chi connectivity index (χ3v) is 5.16. The number of nitrogens with one attached hydrogen (secondary N) is 1. The minimum atomic E-state index is 0. The van der Waals surface area contributed by atoms with Crippen molar-refractivity contribution in [1.29, 1.82) is 0 Å². The predicted octanol–water partition coefficient (Wildman–Crippen LogP) is 2.82. The summed E-state index contributed by atoms with van der Waals surface area (Å²) >= 11 is 0. The van der Waals surface area contributed by atoms with Crippen molar-refractivity contribution in [2.75, 3.05) is 39.8 Å². The summed E-state index contributed by atoms with van der Waals surface area (Å²) in [5, 5.41) is 7.59. The van der Waals surface area contributed by atoms with E-state index in [1.54, 1.807) is 6.26 Å². The summed E-state index contributed by atoms with van der Waals surface area (Å²) in [6.07, 6.45) is 5.42. The van der Waals surface area contributed by atoms with Crippen molar-refractivity contribution in [3.05, 3.63) is 48.1 Å². The van der Waals surface area contributed by atoms with Crippen molar-refractivity contribution in [3.8, 4) is 0 Å². The number of piperazine rings is 1. The van der Waals surface area contributed by atoms with Crippen LogP contribution in [0.2, 0.25) is 0 Å². The third-order valence-electron chi connectivity index (χ3n) is 5.16. The van der Waals surface area contributed by atoms with Crippen LogP contribution in [0.5, 0.6) is 0 Å². The first-order valence-electron chi connectivity index (χ1n) is 9.64. The van der Waals surface area contributed by atoms with Crippen molar-refractivity contribution in [2.45, 2.75) is 26.3 Å². The number of guanidine groups is 1. The van der Waals surface area contributed by atoms with Crippen molar-refractivity contribution >= 4 is 29.9 Å². The number of rotatable bonds is 6. The Labute approximate surface area is 184 Å². The first-order valence-corrected chi connectivity index (χ1v) is 9.64. The fraction of sp³-hybridized carbons (Fsp3) is 0.550. The van der Waals surface area contributed by atoms with E-state index in [1.165, 1.54) is 5.56 Å². The maximum atomic E-state index is 4.92. The topological polar surface area (TPSA) is 69.8 Å². The zero-order valence-electron chi connectivity index (χ0n) is 16.9. The second-order valence-corrected chi connectivity index (χ2v) is 7.32. The van der Waals surface area contributed by atoms with Crippen molar-refractivity contribution in [3.63, 3.8) is 0 Å². The molecule has 0 spiro atoms. The lowest BCUT2D eigenvalue weighted by Crippen LogP contribution is -2.52. The molecule has 7 nitrogen and oxygen atoms in total. The van der Waals surface area contributed by atoms with Crippen molar-refractivity contribution < 1.29 is 4.52 Å². The summed E-state index contributed by atoms with van der Waals surface area (Å²) in [6.45, 7) is 10.1. The van der Waals surface area contributed by atoms with E-state index >= 15 is 0 Å². The van der Waals surface area contributed by atoms with E-state index in [4.69, 9.17) is 4.52 Å². The number of hydrogen-bond acceptors (Lipinski definition) is 5. The molecular weight excluding hydrogens is 467 g/mol. The molecule has 0 aromatic carbocycles. The van der Waals surface area contributed by atoms with E-state index in [0.717, 1.165) is 50.9 Å². The highest BCUT2D eigenvalue weighted by Crippen LogP contribution is 2.22. The second kappa shape index (κ2) is 11.4. The molecular formula is C20H31IN6O. The van der Waals surface area contributed by atoms with E-state index in [9.17, 15) is 0 Å². The van der Waals surface area contributed by atoms with Crippen LogP contribution in [0.25, 0.3) is 0 Å². The molecule has 2 aromatic rings. The fourth-order valence-corrected chi connectivity index (χ4v) is 3.53. The Morgan fingerprint density at radius 1 is 1.25 bits per heavy atom. The number of halogens is 1. The van der Waals surface area contributed by atoms with Crippen molar-refractivity contribution in [1.82, 2.24) is 25.3 Å². The Morgan fingerprint density at radius 2 is 2.04 bits per heavy atom. The van der Waals surface area contributed by atoms with Gasteiger partial charge in [-0.3, -0.25) is 14.9 Å². The highest BCUT2D eigenvalue weighted by Gasteiger charge is 2.22. The molecule has 0 bridgehead atoms. The summed E-state index contributed by atoms with van der Waals surface area (Å²) in [4.78, 5) is 13.5. The smallest absolute Gasteiger partial charge is 0.193 e. The first kappa shape index (κ1) is 22.6. The highest BCUT2D eigenvalue weighted by atomic mass is 127. The summed E-state index contributed by atoms with van der Waals surface area (Å²) < 4.78 is 4.92. The number of hydrogen-bond donors (Lipinski definition) is 1. The molecule has 1 saturated heterocycles. The largest absolute Gasteiger partial charge is 0.364 e. The lowest BCUT2D eigenvalue weighted by molar-refractivity contribution is 0.169. The Morgan fingerprint density at radius 3 is 2.61 bits per heavy atom. The van der Waals surface area contributed by atoms with Crippen LogP contribution in [-0.4, -0.2) is 65.7 Å². The maximum absolute atomic E-state index is 4.92.